The molecule has 3 rings (SSSR count). The number of carbonyl (C=O) groups excluding carboxylic acids is 1. The minimum atomic E-state index is -0.125. The summed E-state index contributed by atoms with van der Waals surface area (Å²) in [6, 6.07) is 7.58. The first-order chi connectivity index (χ1) is 12.7. The van der Waals surface area contributed by atoms with Gasteiger partial charge in [-0.1, -0.05) is 12.1 Å². The lowest BCUT2D eigenvalue weighted by atomic mass is 10.1. The smallest absolute Gasteiger partial charge is 0.316 e. The number of halogens is 1. The number of aromatic nitrogens is 2. The number of hydrogen-bond acceptors (Lipinski definition) is 6. The molecule has 1 saturated heterocycles. The van der Waals surface area contributed by atoms with E-state index in [2.05, 4.69) is 25.9 Å². The molecule has 1 amide bonds. The summed E-state index contributed by atoms with van der Waals surface area (Å²) in [6.45, 7) is 1.14. The van der Waals surface area contributed by atoms with Gasteiger partial charge in [-0.3, -0.25) is 4.79 Å². The van der Waals surface area contributed by atoms with E-state index < -0.39 is 0 Å². The molecular formula is C18H20BrN3O4. The van der Waals surface area contributed by atoms with Crippen molar-refractivity contribution >= 4 is 21.8 Å². The molecule has 0 bridgehead atoms. The number of amides is 1. The Kier molecular flexibility index (Phi) is 6.27. The van der Waals surface area contributed by atoms with Crippen molar-refractivity contribution in [1.82, 2.24) is 14.9 Å². The summed E-state index contributed by atoms with van der Waals surface area (Å²) in [4.78, 5) is 22.5. The highest BCUT2D eigenvalue weighted by atomic mass is 79.9. The molecule has 1 fully saturated rings. The van der Waals surface area contributed by atoms with Gasteiger partial charge in [-0.05, 0) is 40.9 Å². The van der Waals surface area contributed by atoms with Gasteiger partial charge in [-0.15, -0.1) is 0 Å². The Morgan fingerprint density at radius 3 is 2.73 bits per heavy atom. The van der Waals surface area contributed by atoms with E-state index in [0.717, 1.165) is 17.3 Å². The van der Waals surface area contributed by atoms with E-state index in [4.69, 9.17) is 14.2 Å². The lowest BCUT2D eigenvalue weighted by Gasteiger charge is -2.32. The molecule has 0 radical (unpaired) electrons. The van der Waals surface area contributed by atoms with Crippen molar-refractivity contribution in [3.8, 4) is 17.5 Å². The van der Waals surface area contributed by atoms with Gasteiger partial charge < -0.3 is 19.1 Å². The van der Waals surface area contributed by atoms with E-state index in [1.807, 2.05) is 12.1 Å². The number of benzene rings is 1. The second kappa shape index (κ2) is 8.84. The fourth-order valence-corrected chi connectivity index (χ4v) is 2.94. The zero-order valence-electron chi connectivity index (χ0n) is 14.4. The Morgan fingerprint density at radius 1 is 1.27 bits per heavy atom. The molecule has 0 N–H and O–H groups in total. The van der Waals surface area contributed by atoms with Crippen molar-refractivity contribution in [2.24, 2.45) is 0 Å². The molecule has 26 heavy (non-hydrogen) atoms. The monoisotopic (exact) mass is 421 g/mol. The van der Waals surface area contributed by atoms with Crippen LogP contribution in [0.5, 0.6) is 17.5 Å². The van der Waals surface area contributed by atoms with Crippen LogP contribution in [0.1, 0.15) is 12.8 Å². The van der Waals surface area contributed by atoms with Gasteiger partial charge in [0.05, 0.1) is 18.1 Å². The van der Waals surface area contributed by atoms with Gasteiger partial charge in [0.25, 0.3) is 5.91 Å². The van der Waals surface area contributed by atoms with Crippen LogP contribution in [0.4, 0.5) is 0 Å². The average Bonchev–Trinajstić information content (AvgIpc) is 2.68. The molecule has 0 aliphatic carbocycles. The van der Waals surface area contributed by atoms with Crippen molar-refractivity contribution in [3.05, 3.63) is 41.1 Å². The highest BCUT2D eigenvalue weighted by Gasteiger charge is 2.26. The Morgan fingerprint density at radius 2 is 2.00 bits per heavy atom. The number of ether oxygens (including phenoxy) is 3. The predicted octanol–water partition coefficient (Wildman–Crippen LogP) is 2.70. The molecule has 0 spiro atoms. The van der Waals surface area contributed by atoms with E-state index >= 15 is 0 Å². The highest BCUT2D eigenvalue weighted by Crippen LogP contribution is 2.26. The van der Waals surface area contributed by atoms with E-state index in [9.17, 15) is 4.79 Å². The maximum atomic E-state index is 12.5. The molecule has 1 atom stereocenters. The summed E-state index contributed by atoms with van der Waals surface area (Å²) in [5.41, 5.74) is 0. The third kappa shape index (κ3) is 4.85. The topological polar surface area (TPSA) is 73.8 Å². The molecular weight excluding hydrogens is 402 g/mol. The van der Waals surface area contributed by atoms with Gasteiger partial charge in [-0.25, -0.2) is 9.97 Å². The summed E-state index contributed by atoms with van der Waals surface area (Å²) >= 11 is 3.29. The van der Waals surface area contributed by atoms with Crippen molar-refractivity contribution in [2.45, 2.75) is 18.9 Å². The number of likely N-dealkylation sites (tertiary alicyclic amines) is 1. The molecule has 7 nitrogen and oxygen atoms in total. The van der Waals surface area contributed by atoms with Crippen LogP contribution in [-0.2, 0) is 4.79 Å². The number of piperidine rings is 1. The summed E-state index contributed by atoms with van der Waals surface area (Å²) < 4.78 is 17.4. The second-order valence-electron chi connectivity index (χ2n) is 5.85. The SMILES string of the molecule is COc1ccccc1OCC(=O)N1CCCC(Oc2ncc(Br)cn2)C1. The fourth-order valence-electron chi connectivity index (χ4n) is 2.74. The van der Waals surface area contributed by atoms with E-state index in [-0.39, 0.29) is 18.6 Å². The van der Waals surface area contributed by atoms with E-state index in [1.54, 1.807) is 36.5 Å². The van der Waals surface area contributed by atoms with Crippen LogP contribution in [0, 0.1) is 0 Å². The normalized spacial score (nSPS) is 16.8. The maximum absolute atomic E-state index is 12.5. The zero-order valence-corrected chi connectivity index (χ0v) is 16.0. The molecule has 1 aliphatic rings. The lowest BCUT2D eigenvalue weighted by Crippen LogP contribution is -2.46. The molecule has 2 heterocycles. The quantitative estimate of drug-likeness (QED) is 0.713. The first kappa shape index (κ1) is 18.4. The summed E-state index contributed by atoms with van der Waals surface area (Å²) in [6.07, 6.45) is 4.86. The van der Waals surface area contributed by atoms with Crippen LogP contribution in [0.15, 0.2) is 41.1 Å². The van der Waals surface area contributed by atoms with Crippen molar-refractivity contribution in [3.63, 3.8) is 0 Å². The number of carbonyl (C=O) groups is 1. The number of hydrogen-bond donors (Lipinski definition) is 0. The molecule has 8 heteroatoms. The van der Waals surface area contributed by atoms with Gasteiger partial charge >= 0.3 is 6.01 Å². The number of nitrogens with zero attached hydrogens (tertiary/aromatic N) is 3. The molecule has 1 aromatic heterocycles. The molecule has 1 aliphatic heterocycles. The van der Waals surface area contributed by atoms with Gasteiger partial charge in [0.15, 0.2) is 18.1 Å². The summed E-state index contributed by atoms with van der Waals surface area (Å²) in [7, 11) is 1.57. The molecule has 2 aromatic rings. The highest BCUT2D eigenvalue weighted by molar-refractivity contribution is 9.10. The summed E-state index contributed by atoms with van der Waals surface area (Å²) in [5.74, 6) is 1.07. The number of methoxy groups -OCH3 is 1. The van der Waals surface area contributed by atoms with Gasteiger partial charge in [0, 0.05) is 18.9 Å². The number of rotatable bonds is 6. The summed E-state index contributed by atoms with van der Waals surface area (Å²) in [5, 5.41) is 0. The van der Waals surface area contributed by atoms with E-state index in [1.165, 1.54) is 0 Å². The Labute approximate surface area is 160 Å². The lowest BCUT2D eigenvalue weighted by molar-refractivity contribution is -0.136. The van der Waals surface area contributed by atoms with Gasteiger partial charge in [0.2, 0.25) is 0 Å². The van der Waals surface area contributed by atoms with Crippen LogP contribution in [-0.4, -0.2) is 53.7 Å². The van der Waals surface area contributed by atoms with Crippen LogP contribution < -0.4 is 14.2 Å². The third-order valence-corrected chi connectivity index (χ3v) is 4.43. The van der Waals surface area contributed by atoms with Crippen LogP contribution in [0.25, 0.3) is 0 Å². The van der Waals surface area contributed by atoms with Crippen molar-refractivity contribution in [1.29, 1.82) is 0 Å². The Balaban J connectivity index is 1.53. The largest absolute Gasteiger partial charge is 0.493 e. The first-order valence-electron chi connectivity index (χ1n) is 8.33. The van der Waals surface area contributed by atoms with Gasteiger partial charge in [0.1, 0.15) is 6.10 Å². The van der Waals surface area contributed by atoms with Crippen LogP contribution >= 0.6 is 15.9 Å². The Hall–Kier alpha value is -2.35. The van der Waals surface area contributed by atoms with Gasteiger partial charge in [-0.2, -0.15) is 0 Å². The second-order valence-corrected chi connectivity index (χ2v) is 6.76. The zero-order chi connectivity index (χ0) is 18.4. The van der Waals surface area contributed by atoms with Crippen molar-refractivity contribution in [2.75, 3.05) is 26.8 Å². The minimum Gasteiger partial charge on any atom is -0.493 e. The fraction of sp³-hybridized carbons (Fsp3) is 0.389. The van der Waals surface area contributed by atoms with Crippen molar-refractivity contribution < 1.29 is 19.0 Å². The van der Waals surface area contributed by atoms with E-state index in [0.29, 0.717) is 30.6 Å². The molecule has 138 valence electrons. The maximum Gasteiger partial charge on any atom is 0.316 e. The molecule has 1 unspecified atom stereocenters. The third-order valence-electron chi connectivity index (χ3n) is 4.02. The first-order valence-corrected chi connectivity index (χ1v) is 9.13. The average molecular weight is 422 g/mol. The molecule has 0 saturated carbocycles. The molecule has 1 aromatic carbocycles. The predicted molar refractivity (Wildman–Crippen MR) is 98.5 cm³/mol. The minimum absolute atomic E-state index is 0.0398. The van der Waals surface area contributed by atoms with Crippen LogP contribution in [0.2, 0.25) is 0 Å². The Bertz CT molecular complexity index is 741. The van der Waals surface area contributed by atoms with Crippen LogP contribution in [0.3, 0.4) is 0 Å². The number of para-hydroxylation sites is 2. The standard InChI is InChI=1S/C18H20BrN3O4/c1-24-15-6-2-3-7-16(15)25-12-17(23)22-8-4-5-14(11-22)26-18-20-9-13(19)10-21-18/h2-3,6-7,9-10,14H,4-5,8,11-12H2,1H3.